The number of carbonyl (C=O) groups is 1. The lowest BCUT2D eigenvalue weighted by Gasteiger charge is -1.97. The van der Waals surface area contributed by atoms with E-state index in [1.165, 1.54) is 0 Å². The summed E-state index contributed by atoms with van der Waals surface area (Å²) in [5.74, 6) is -0.0260. The Kier molecular flexibility index (Phi) is 3.38. The molecule has 0 unspecified atom stereocenters. The van der Waals surface area contributed by atoms with Crippen molar-refractivity contribution in [2.24, 2.45) is 14.1 Å². The number of aromatic nitrogens is 4. The van der Waals surface area contributed by atoms with E-state index in [0.29, 0.717) is 5.56 Å². The number of nitrogens with zero attached hydrogens (tertiary/aromatic N) is 4. The van der Waals surface area contributed by atoms with Crippen LogP contribution in [0.5, 0.6) is 0 Å². The van der Waals surface area contributed by atoms with E-state index in [2.05, 4.69) is 10.2 Å². The SMILES string of the molecule is Cc1cc(/C=C/C(=O)c2c(C)nn(C)c2C)n(C)n1. The second-order valence-electron chi connectivity index (χ2n) is 4.70. The van der Waals surface area contributed by atoms with Crippen LogP contribution >= 0.6 is 0 Å². The van der Waals surface area contributed by atoms with Crippen LogP contribution in [0.3, 0.4) is 0 Å². The van der Waals surface area contributed by atoms with Gasteiger partial charge in [0.2, 0.25) is 0 Å². The zero-order valence-electron chi connectivity index (χ0n) is 11.9. The van der Waals surface area contributed by atoms with Crippen LogP contribution < -0.4 is 0 Å². The van der Waals surface area contributed by atoms with Gasteiger partial charge in [0.05, 0.1) is 22.6 Å². The highest BCUT2D eigenvalue weighted by Crippen LogP contribution is 2.14. The lowest BCUT2D eigenvalue weighted by molar-refractivity contribution is 0.104. The van der Waals surface area contributed by atoms with E-state index in [4.69, 9.17) is 0 Å². The standard InChI is InChI=1S/C14H18N4O/c1-9-8-12(18(5)15-9)6-7-13(19)14-10(2)16-17(4)11(14)3/h6-8H,1-5H3/b7-6+. The first-order valence-electron chi connectivity index (χ1n) is 6.13. The third-order valence-corrected chi connectivity index (χ3v) is 3.20. The highest BCUT2D eigenvalue weighted by atomic mass is 16.1. The van der Waals surface area contributed by atoms with Crippen molar-refractivity contribution in [1.82, 2.24) is 19.6 Å². The molecule has 0 radical (unpaired) electrons. The van der Waals surface area contributed by atoms with Crippen LogP contribution in [0, 0.1) is 20.8 Å². The molecule has 2 aromatic rings. The van der Waals surface area contributed by atoms with Gasteiger partial charge in [0.15, 0.2) is 5.78 Å². The van der Waals surface area contributed by atoms with Crippen LogP contribution in [0.1, 0.15) is 33.1 Å². The van der Waals surface area contributed by atoms with Crippen molar-refractivity contribution < 1.29 is 4.79 Å². The topological polar surface area (TPSA) is 52.7 Å². The summed E-state index contributed by atoms with van der Waals surface area (Å²) in [6.07, 6.45) is 3.36. The largest absolute Gasteiger partial charge is 0.289 e. The summed E-state index contributed by atoms with van der Waals surface area (Å²) in [4.78, 5) is 12.2. The molecule has 0 N–H and O–H groups in total. The molecule has 0 saturated heterocycles. The minimum atomic E-state index is -0.0260. The molecule has 0 aliphatic rings. The van der Waals surface area contributed by atoms with Gasteiger partial charge in [-0.1, -0.05) is 0 Å². The number of carbonyl (C=O) groups excluding carboxylic acids is 1. The van der Waals surface area contributed by atoms with Crippen molar-refractivity contribution >= 4 is 11.9 Å². The zero-order chi connectivity index (χ0) is 14.2. The number of rotatable bonds is 3. The summed E-state index contributed by atoms with van der Waals surface area (Å²) >= 11 is 0. The monoisotopic (exact) mass is 258 g/mol. The minimum Gasteiger partial charge on any atom is -0.289 e. The van der Waals surface area contributed by atoms with Gasteiger partial charge >= 0.3 is 0 Å². The number of hydrogen-bond acceptors (Lipinski definition) is 3. The Morgan fingerprint density at radius 3 is 2.32 bits per heavy atom. The van der Waals surface area contributed by atoms with Crippen LogP contribution in [-0.4, -0.2) is 25.3 Å². The van der Waals surface area contributed by atoms with Crippen LogP contribution in [-0.2, 0) is 14.1 Å². The molecular formula is C14H18N4O. The summed E-state index contributed by atoms with van der Waals surface area (Å²) < 4.78 is 3.48. The van der Waals surface area contributed by atoms with Crippen molar-refractivity contribution in [3.63, 3.8) is 0 Å². The van der Waals surface area contributed by atoms with Gasteiger partial charge in [-0.3, -0.25) is 14.2 Å². The van der Waals surface area contributed by atoms with Crippen molar-refractivity contribution in [2.75, 3.05) is 0 Å². The van der Waals surface area contributed by atoms with E-state index in [1.54, 1.807) is 21.5 Å². The van der Waals surface area contributed by atoms with E-state index < -0.39 is 0 Å². The number of ketones is 1. The highest BCUT2D eigenvalue weighted by molar-refractivity contribution is 6.08. The van der Waals surface area contributed by atoms with Crippen molar-refractivity contribution in [3.05, 3.63) is 40.5 Å². The van der Waals surface area contributed by atoms with Crippen molar-refractivity contribution in [2.45, 2.75) is 20.8 Å². The molecule has 0 fully saturated rings. The average Bonchev–Trinajstić information content (AvgIpc) is 2.76. The molecule has 2 rings (SSSR count). The van der Waals surface area contributed by atoms with Crippen LogP contribution in [0.15, 0.2) is 12.1 Å². The predicted octanol–water partition coefficient (Wildman–Crippen LogP) is 1.97. The fourth-order valence-electron chi connectivity index (χ4n) is 2.16. The Balaban J connectivity index is 2.29. The summed E-state index contributed by atoms with van der Waals surface area (Å²) in [6.45, 7) is 5.67. The summed E-state index contributed by atoms with van der Waals surface area (Å²) in [6, 6.07) is 1.94. The van der Waals surface area contributed by atoms with Gasteiger partial charge < -0.3 is 0 Å². The van der Waals surface area contributed by atoms with Gasteiger partial charge in [0.25, 0.3) is 0 Å². The lowest BCUT2D eigenvalue weighted by atomic mass is 10.1. The summed E-state index contributed by atoms with van der Waals surface area (Å²) in [5.41, 5.74) is 4.16. The first-order valence-corrected chi connectivity index (χ1v) is 6.13. The van der Waals surface area contributed by atoms with Crippen molar-refractivity contribution in [3.8, 4) is 0 Å². The second-order valence-corrected chi connectivity index (χ2v) is 4.70. The van der Waals surface area contributed by atoms with Gasteiger partial charge in [0, 0.05) is 19.8 Å². The number of hydrogen-bond donors (Lipinski definition) is 0. The smallest absolute Gasteiger partial charge is 0.189 e. The molecule has 0 atom stereocenters. The first kappa shape index (κ1) is 13.3. The molecule has 100 valence electrons. The highest BCUT2D eigenvalue weighted by Gasteiger charge is 2.14. The van der Waals surface area contributed by atoms with E-state index in [0.717, 1.165) is 22.8 Å². The Morgan fingerprint density at radius 1 is 1.16 bits per heavy atom. The van der Waals surface area contributed by atoms with E-state index in [9.17, 15) is 4.79 Å². The predicted molar refractivity (Wildman–Crippen MR) is 74.0 cm³/mol. The lowest BCUT2D eigenvalue weighted by Crippen LogP contribution is -2.00. The Bertz CT molecular complexity index is 661. The molecule has 0 aliphatic carbocycles. The second kappa shape index (κ2) is 4.84. The average molecular weight is 258 g/mol. The maximum atomic E-state index is 12.2. The summed E-state index contributed by atoms with van der Waals surface area (Å²) in [7, 11) is 3.70. The fraction of sp³-hybridized carbons (Fsp3) is 0.357. The van der Waals surface area contributed by atoms with E-state index in [-0.39, 0.29) is 5.78 Å². The molecule has 5 nitrogen and oxygen atoms in total. The third-order valence-electron chi connectivity index (χ3n) is 3.20. The fourth-order valence-corrected chi connectivity index (χ4v) is 2.16. The van der Waals surface area contributed by atoms with Crippen molar-refractivity contribution in [1.29, 1.82) is 0 Å². The number of allylic oxidation sites excluding steroid dienone is 1. The maximum absolute atomic E-state index is 12.2. The maximum Gasteiger partial charge on any atom is 0.189 e. The first-order chi connectivity index (χ1) is 8.90. The molecule has 2 aromatic heterocycles. The minimum absolute atomic E-state index is 0.0260. The van der Waals surface area contributed by atoms with Gasteiger partial charge in [-0.05, 0) is 39.0 Å². The van der Waals surface area contributed by atoms with Crippen LogP contribution in [0.4, 0.5) is 0 Å². The van der Waals surface area contributed by atoms with Gasteiger partial charge in [-0.2, -0.15) is 10.2 Å². The van der Waals surface area contributed by atoms with Gasteiger partial charge in [-0.15, -0.1) is 0 Å². The van der Waals surface area contributed by atoms with Gasteiger partial charge in [0.1, 0.15) is 0 Å². The third kappa shape index (κ3) is 2.50. The molecule has 0 bridgehead atoms. The molecular weight excluding hydrogens is 240 g/mol. The van der Waals surface area contributed by atoms with E-state index in [1.807, 2.05) is 40.9 Å². The van der Waals surface area contributed by atoms with E-state index >= 15 is 0 Å². The molecule has 0 amide bonds. The van der Waals surface area contributed by atoms with Crippen LogP contribution in [0.2, 0.25) is 0 Å². The Morgan fingerprint density at radius 2 is 1.84 bits per heavy atom. The number of aryl methyl sites for hydroxylation is 4. The molecule has 0 saturated carbocycles. The summed E-state index contributed by atoms with van der Waals surface area (Å²) in [5, 5.41) is 8.49. The Hall–Kier alpha value is -2.17. The molecule has 2 heterocycles. The molecule has 0 aromatic carbocycles. The molecule has 5 heteroatoms. The molecule has 19 heavy (non-hydrogen) atoms. The van der Waals surface area contributed by atoms with Gasteiger partial charge in [-0.25, -0.2) is 0 Å². The molecule has 0 aliphatic heterocycles. The Labute approximate surface area is 112 Å². The zero-order valence-corrected chi connectivity index (χ0v) is 11.9. The van der Waals surface area contributed by atoms with Crippen LogP contribution in [0.25, 0.3) is 6.08 Å². The molecule has 0 spiro atoms. The normalized spacial score (nSPS) is 11.4. The quantitative estimate of drug-likeness (QED) is 0.625.